The Morgan fingerprint density at radius 3 is 2.32 bits per heavy atom. The van der Waals surface area contributed by atoms with Crippen molar-refractivity contribution in [2.75, 3.05) is 10.6 Å². The van der Waals surface area contributed by atoms with Crippen LogP contribution in [0.25, 0.3) is 0 Å². The summed E-state index contributed by atoms with van der Waals surface area (Å²) >= 11 is 4.79. The van der Waals surface area contributed by atoms with E-state index in [0.717, 1.165) is 15.4 Å². The Hall–Kier alpha value is -2.58. The molecule has 1 unspecified atom stereocenters. The van der Waals surface area contributed by atoms with Crippen molar-refractivity contribution < 1.29 is 19.5 Å². The van der Waals surface area contributed by atoms with Gasteiger partial charge >= 0.3 is 5.97 Å². The number of halogens is 1. The second kappa shape index (κ2) is 10.1. The zero-order chi connectivity index (χ0) is 20.7. The maximum atomic E-state index is 12.4. The first-order valence-corrected chi connectivity index (χ1v) is 9.98. The van der Waals surface area contributed by atoms with E-state index in [0.29, 0.717) is 11.4 Å². The van der Waals surface area contributed by atoms with E-state index in [4.69, 9.17) is 5.11 Å². The third kappa shape index (κ3) is 6.54. The summed E-state index contributed by atoms with van der Waals surface area (Å²) in [5, 5.41) is 13.9. The van der Waals surface area contributed by atoms with E-state index in [9.17, 15) is 14.4 Å². The Morgan fingerprint density at radius 1 is 1.07 bits per heavy atom. The number of carboxylic acids is 1. The van der Waals surface area contributed by atoms with Gasteiger partial charge in [0.2, 0.25) is 11.8 Å². The number of thioether (sulfide) groups is 1. The Kier molecular flexibility index (Phi) is 7.83. The number of amides is 2. The van der Waals surface area contributed by atoms with Crippen LogP contribution in [0.15, 0.2) is 69.5 Å². The molecule has 0 saturated carbocycles. The molecule has 8 heteroatoms. The van der Waals surface area contributed by atoms with Gasteiger partial charge in [0.15, 0.2) is 0 Å². The lowest BCUT2D eigenvalue weighted by Gasteiger charge is -2.13. The molecule has 3 N–H and O–H groups in total. The van der Waals surface area contributed by atoms with Gasteiger partial charge in [-0.3, -0.25) is 9.59 Å². The van der Waals surface area contributed by atoms with Gasteiger partial charge in [0, 0.05) is 26.7 Å². The first-order valence-electron chi connectivity index (χ1n) is 8.31. The summed E-state index contributed by atoms with van der Waals surface area (Å²) in [6, 6.07) is 14.4. The smallest absolute Gasteiger partial charge is 0.331 e. The van der Waals surface area contributed by atoms with Crippen LogP contribution in [0.2, 0.25) is 0 Å². The third-order valence-corrected chi connectivity index (χ3v) is 5.42. The summed E-state index contributed by atoms with van der Waals surface area (Å²) < 4.78 is 0.813. The molecule has 2 amide bonds. The molecule has 0 bridgehead atoms. The number of nitrogens with one attached hydrogen (secondary N) is 2. The number of hydrogen-bond acceptors (Lipinski definition) is 4. The molecule has 0 fully saturated rings. The topological polar surface area (TPSA) is 95.5 Å². The lowest BCUT2D eigenvalue weighted by Crippen LogP contribution is -2.22. The van der Waals surface area contributed by atoms with Crippen molar-refractivity contribution in [1.29, 1.82) is 0 Å². The SMILES string of the molecule is CC(=CC(=O)Nc1ccc(SC(C)C(=O)Nc2ccccc2Br)cc1)C(=O)O. The minimum Gasteiger partial charge on any atom is -0.478 e. The molecular formula is C20H19BrN2O4S. The van der Waals surface area contributed by atoms with Gasteiger partial charge in [0.05, 0.1) is 10.9 Å². The highest BCUT2D eigenvalue weighted by atomic mass is 79.9. The van der Waals surface area contributed by atoms with Gasteiger partial charge < -0.3 is 15.7 Å². The molecule has 28 heavy (non-hydrogen) atoms. The monoisotopic (exact) mass is 462 g/mol. The molecule has 0 saturated heterocycles. The van der Waals surface area contributed by atoms with Crippen LogP contribution in [0.5, 0.6) is 0 Å². The lowest BCUT2D eigenvalue weighted by atomic mass is 10.2. The van der Waals surface area contributed by atoms with Crippen LogP contribution in [0.4, 0.5) is 11.4 Å². The summed E-state index contributed by atoms with van der Waals surface area (Å²) in [5.74, 6) is -1.78. The molecule has 0 heterocycles. The largest absolute Gasteiger partial charge is 0.478 e. The van der Waals surface area contributed by atoms with Gasteiger partial charge in [0.25, 0.3) is 0 Å². The summed E-state index contributed by atoms with van der Waals surface area (Å²) in [4.78, 5) is 35.7. The van der Waals surface area contributed by atoms with E-state index in [2.05, 4.69) is 26.6 Å². The number of carboxylic acid groups (broad SMARTS) is 1. The van der Waals surface area contributed by atoms with E-state index < -0.39 is 11.9 Å². The van der Waals surface area contributed by atoms with Gasteiger partial charge in [-0.1, -0.05) is 12.1 Å². The third-order valence-electron chi connectivity index (χ3n) is 3.62. The maximum Gasteiger partial charge on any atom is 0.331 e. The van der Waals surface area contributed by atoms with Crippen LogP contribution < -0.4 is 10.6 Å². The Labute approximate surface area is 175 Å². The van der Waals surface area contributed by atoms with Gasteiger partial charge in [-0.15, -0.1) is 11.8 Å². The number of carbonyl (C=O) groups is 3. The highest BCUT2D eigenvalue weighted by Gasteiger charge is 2.15. The Morgan fingerprint density at radius 2 is 1.71 bits per heavy atom. The second-order valence-electron chi connectivity index (χ2n) is 5.88. The standard InChI is InChI=1S/C20H19BrN2O4S/c1-12(20(26)27)11-18(24)22-14-7-9-15(10-8-14)28-13(2)19(25)23-17-6-4-3-5-16(17)21/h3-11,13H,1-2H3,(H,22,24)(H,23,25)(H,26,27). The predicted octanol–water partition coefficient (Wildman–Crippen LogP) is 4.54. The minimum atomic E-state index is -1.14. The zero-order valence-electron chi connectivity index (χ0n) is 15.2. The average Bonchev–Trinajstić information content (AvgIpc) is 2.64. The minimum absolute atomic E-state index is 0.0467. The number of anilines is 2. The van der Waals surface area contributed by atoms with Crippen molar-refractivity contribution in [3.05, 3.63) is 64.7 Å². The van der Waals surface area contributed by atoms with E-state index in [1.165, 1.54) is 18.7 Å². The van der Waals surface area contributed by atoms with E-state index in [1.807, 2.05) is 31.2 Å². The molecule has 0 radical (unpaired) electrons. The van der Waals surface area contributed by atoms with Crippen molar-refractivity contribution in [2.45, 2.75) is 24.0 Å². The first kappa shape index (κ1) is 21.7. The first-order chi connectivity index (χ1) is 13.3. The van der Waals surface area contributed by atoms with Crippen LogP contribution in [-0.2, 0) is 14.4 Å². The number of hydrogen-bond donors (Lipinski definition) is 3. The highest BCUT2D eigenvalue weighted by Crippen LogP contribution is 2.27. The number of benzene rings is 2. The van der Waals surface area contributed by atoms with Crippen LogP contribution in [0.1, 0.15) is 13.8 Å². The van der Waals surface area contributed by atoms with Crippen molar-refractivity contribution in [2.24, 2.45) is 0 Å². The van der Waals surface area contributed by atoms with Gasteiger partial charge in [-0.25, -0.2) is 4.79 Å². The maximum absolute atomic E-state index is 12.4. The van der Waals surface area contributed by atoms with E-state index in [-0.39, 0.29) is 16.7 Å². The number of aliphatic carboxylic acids is 1. The van der Waals surface area contributed by atoms with Gasteiger partial charge in [0.1, 0.15) is 0 Å². The molecule has 146 valence electrons. The highest BCUT2D eigenvalue weighted by molar-refractivity contribution is 9.10. The predicted molar refractivity (Wildman–Crippen MR) is 115 cm³/mol. The second-order valence-corrected chi connectivity index (χ2v) is 8.14. The fourth-order valence-electron chi connectivity index (χ4n) is 2.11. The molecule has 1 atom stereocenters. The molecule has 2 aromatic carbocycles. The normalized spacial score (nSPS) is 12.2. The summed E-state index contributed by atoms with van der Waals surface area (Å²) in [6.07, 6.45) is 1.03. The molecule has 0 aliphatic rings. The molecule has 0 aromatic heterocycles. The fourth-order valence-corrected chi connectivity index (χ4v) is 3.36. The lowest BCUT2D eigenvalue weighted by molar-refractivity contribution is -0.132. The van der Waals surface area contributed by atoms with Crippen LogP contribution >= 0.6 is 27.7 Å². The number of rotatable bonds is 7. The van der Waals surface area contributed by atoms with Crippen LogP contribution in [0, 0.1) is 0 Å². The van der Waals surface area contributed by atoms with Crippen LogP contribution in [0.3, 0.4) is 0 Å². The van der Waals surface area contributed by atoms with E-state index >= 15 is 0 Å². The van der Waals surface area contributed by atoms with Crippen molar-refractivity contribution in [1.82, 2.24) is 0 Å². The quantitative estimate of drug-likeness (QED) is 0.414. The van der Waals surface area contributed by atoms with Crippen LogP contribution in [-0.4, -0.2) is 28.1 Å². The molecule has 6 nitrogen and oxygen atoms in total. The molecular weight excluding hydrogens is 444 g/mol. The summed E-state index contributed by atoms with van der Waals surface area (Å²) in [7, 11) is 0. The van der Waals surface area contributed by atoms with Crippen molar-refractivity contribution in [3.63, 3.8) is 0 Å². The average molecular weight is 463 g/mol. The Balaban J connectivity index is 1.93. The van der Waals surface area contributed by atoms with E-state index in [1.54, 1.807) is 24.3 Å². The zero-order valence-corrected chi connectivity index (χ0v) is 17.6. The molecule has 2 aromatic rings. The van der Waals surface area contributed by atoms with Crippen molar-refractivity contribution in [3.8, 4) is 0 Å². The summed E-state index contributed by atoms with van der Waals surface area (Å²) in [5.41, 5.74) is 1.20. The molecule has 0 aliphatic heterocycles. The number of carbonyl (C=O) groups excluding carboxylic acids is 2. The van der Waals surface area contributed by atoms with Gasteiger partial charge in [-0.2, -0.15) is 0 Å². The summed E-state index contributed by atoms with van der Waals surface area (Å²) in [6.45, 7) is 3.16. The molecule has 2 rings (SSSR count). The van der Waals surface area contributed by atoms with Crippen molar-refractivity contribution >= 4 is 56.9 Å². The molecule has 0 spiro atoms. The van der Waals surface area contributed by atoms with Gasteiger partial charge in [-0.05, 0) is 66.2 Å². The molecule has 0 aliphatic carbocycles. The Bertz CT molecular complexity index is 913. The number of para-hydroxylation sites is 1. The fraction of sp³-hybridized carbons (Fsp3) is 0.150.